The molecule has 3 heterocycles. The minimum atomic E-state index is 0.402. The van der Waals surface area contributed by atoms with Gasteiger partial charge in [0.25, 0.3) is 0 Å². The zero-order valence-electron chi connectivity index (χ0n) is 19.3. The van der Waals surface area contributed by atoms with E-state index in [9.17, 15) is 4.79 Å². The predicted molar refractivity (Wildman–Crippen MR) is 130 cm³/mol. The molecule has 0 unspecified atom stereocenters. The van der Waals surface area contributed by atoms with Gasteiger partial charge in [-0.15, -0.1) is 0 Å². The first-order valence-electron chi connectivity index (χ1n) is 11.4. The summed E-state index contributed by atoms with van der Waals surface area (Å²) in [5, 5.41) is 1.16. The first-order valence-corrected chi connectivity index (χ1v) is 11.4. The molecule has 1 fully saturated rings. The van der Waals surface area contributed by atoms with Crippen LogP contribution in [0.15, 0.2) is 30.3 Å². The van der Waals surface area contributed by atoms with Crippen molar-refractivity contribution >= 4 is 33.7 Å². The molecule has 0 saturated heterocycles. The average molecular weight is 433 g/mol. The molecule has 1 saturated carbocycles. The lowest BCUT2D eigenvalue weighted by Gasteiger charge is -2.30. The van der Waals surface area contributed by atoms with Gasteiger partial charge in [0.1, 0.15) is 17.4 Å². The van der Waals surface area contributed by atoms with Gasteiger partial charge in [-0.25, -0.2) is 9.97 Å². The standard InChI is InChI=1S/C23H26N6O.C2H6/c1-13-25-22-18(11-21(24)28-23(22)26-13)20-10-15-9-14(3-8-19(15)27-20)12-29(2)16-4-6-17(30)7-5-16;1-2/h3,8-11,16,27H,4-7,12H2,1-2H3,(H3,24,25,26,28);1-2H3. The summed E-state index contributed by atoms with van der Waals surface area (Å²) >= 11 is 0. The average Bonchev–Trinajstić information content (AvgIpc) is 3.37. The SMILES string of the molecule is CC.Cc1nc2nc(N)cc(-c3cc4cc(CN(C)C5CCC(=O)CC5)ccc4[nH]3)c2[nH]1. The van der Waals surface area contributed by atoms with Crippen LogP contribution in [0, 0.1) is 6.92 Å². The number of H-pyrrole nitrogens is 2. The number of nitrogen functional groups attached to an aromatic ring is 1. The number of aryl methyl sites for hydroxylation is 1. The Bertz CT molecular complexity index is 1240. The number of aromatic nitrogens is 4. The topological polar surface area (TPSA) is 104 Å². The number of rotatable bonds is 4. The number of nitrogens with zero attached hydrogens (tertiary/aromatic N) is 3. The van der Waals surface area contributed by atoms with E-state index in [0.717, 1.165) is 52.9 Å². The van der Waals surface area contributed by atoms with Crippen LogP contribution in [-0.4, -0.2) is 43.7 Å². The Hall–Kier alpha value is -3.19. The van der Waals surface area contributed by atoms with E-state index in [1.807, 2.05) is 26.8 Å². The van der Waals surface area contributed by atoms with E-state index >= 15 is 0 Å². The van der Waals surface area contributed by atoms with Gasteiger partial charge in [0.2, 0.25) is 0 Å². The molecule has 0 bridgehead atoms. The molecule has 4 N–H and O–H groups in total. The predicted octanol–water partition coefficient (Wildman–Crippen LogP) is 4.97. The van der Waals surface area contributed by atoms with Crippen LogP contribution in [-0.2, 0) is 11.3 Å². The quantitative estimate of drug-likeness (QED) is 0.422. The van der Waals surface area contributed by atoms with E-state index in [0.29, 0.717) is 36.1 Å². The molecule has 3 aromatic heterocycles. The van der Waals surface area contributed by atoms with E-state index in [1.165, 1.54) is 5.56 Å². The Morgan fingerprint density at radius 2 is 1.84 bits per heavy atom. The smallest absolute Gasteiger partial charge is 0.180 e. The zero-order chi connectivity index (χ0) is 22.8. The molecule has 1 aliphatic rings. The molecule has 5 rings (SSSR count). The van der Waals surface area contributed by atoms with E-state index in [-0.39, 0.29) is 0 Å². The number of hydrogen-bond donors (Lipinski definition) is 3. The van der Waals surface area contributed by atoms with Gasteiger partial charge >= 0.3 is 0 Å². The van der Waals surface area contributed by atoms with Gasteiger partial charge in [0.15, 0.2) is 5.65 Å². The van der Waals surface area contributed by atoms with Crippen LogP contribution < -0.4 is 5.73 Å². The number of nitrogens with two attached hydrogens (primary N) is 1. The van der Waals surface area contributed by atoms with Crippen molar-refractivity contribution in [2.75, 3.05) is 12.8 Å². The van der Waals surface area contributed by atoms with Gasteiger partial charge in [0.05, 0.1) is 5.52 Å². The number of Topliss-reactive ketones (excluding diaryl/α,β-unsaturated/α-hetero) is 1. The Kier molecular flexibility index (Phi) is 6.28. The summed E-state index contributed by atoms with van der Waals surface area (Å²) in [5.41, 5.74) is 11.9. The second-order valence-corrected chi connectivity index (χ2v) is 8.41. The van der Waals surface area contributed by atoms with E-state index in [1.54, 1.807) is 0 Å². The van der Waals surface area contributed by atoms with E-state index < -0.39 is 0 Å². The second kappa shape index (κ2) is 9.12. The molecule has 32 heavy (non-hydrogen) atoms. The molecule has 0 aliphatic heterocycles. The number of imidazole rings is 1. The first kappa shape index (κ1) is 22.0. The highest BCUT2D eigenvalue weighted by Gasteiger charge is 2.22. The second-order valence-electron chi connectivity index (χ2n) is 8.41. The molecule has 7 nitrogen and oxygen atoms in total. The number of nitrogens with one attached hydrogen (secondary N) is 2. The Morgan fingerprint density at radius 3 is 2.59 bits per heavy atom. The summed E-state index contributed by atoms with van der Waals surface area (Å²) in [6.45, 7) is 6.79. The summed E-state index contributed by atoms with van der Waals surface area (Å²) in [4.78, 5) is 29.4. The third-order valence-electron chi connectivity index (χ3n) is 6.14. The lowest BCUT2D eigenvalue weighted by atomic mass is 9.93. The molecule has 0 amide bonds. The first-order chi connectivity index (χ1) is 15.5. The highest BCUT2D eigenvalue weighted by molar-refractivity contribution is 5.95. The number of benzene rings is 1. The molecular formula is C25H32N6O. The summed E-state index contributed by atoms with van der Waals surface area (Å²) in [6, 6.07) is 11.1. The highest BCUT2D eigenvalue weighted by Crippen LogP contribution is 2.31. The maximum atomic E-state index is 11.5. The highest BCUT2D eigenvalue weighted by atomic mass is 16.1. The number of carbonyl (C=O) groups excluding carboxylic acids is 1. The number of fused-ring (bicyclic) bond motifs is 2. The molecule has 0 spiro atoms. The number of ketones is 1. The summed E-state index contributed by atoms with van der Waals surface area (Å²) < 4.78 is 0. The van der Waals surface area contributed by atoms with Gasteiger partial charge in [-0.1, -0.05) is 19.9 Å². The fourth-order valence-corrected chi connectivity index (χ4v) is 4.54. The third kappa shape index (κ3) is 4.39. The van der Waals surface area contributed by atoms with Crippen LogP contribution in [0.4, 0.5) is 5.82 Å². The minimum Gasteiger partial charge on any atom is -0.384 e. The maximum Gasteiger partial charge on any atom is 0.180 e. The monoisotopic (exact) mass is 432 g/mol. The normalized spacial score (nSPS) is 14.8. The molecule has 0 atom stereocenters. The number of anilines is 1. The minimum absolute atomic E-state index is 0.402. The van der Waals surface area contributed by atoms with Crippen LogP contribution in [0.25, 0.3) is 33.3 Å². The lowest BCUT2D eigenvalue weighted by Crippen LogP contribution is -2.34. The molecule has 4 aromatic rings. The third-order valence-corrected chi connectivity index (χ3v) is 6.14. The van der Waals surface area contributed by atoms with Crippen LogP contribution in [0.2, 0.25) is 0 Å². The van der Waals surface area contributed by atoms with Crippen molar-refractivity contribution in [1.29, 1.82) is 0 Å². The molecule has 1 aliphatic carbocycles. The Balaban J connectivity index is 0.00000119. The fourth-order valence-electron chi connectivity index (χ4n) is 4.54. The van der Waals surface area contributed by atoms with Crippen molar-refractivity contribution in [3.63, 3.8) is 0 Å². The van der Waals surface area contributed by atoms with Crippen molar-refractivity contribution in [2.24, 2.45) is 0 Å². The lowest BCUT2D eigenvalue weighted by molar-refractivity contribution is -0.121. The largest absolute Gasteiger partial charge is 0.384 e. The maximum absolute atomic E-state index is 11.5. The van der Waals surface area contributed by atoms with Crippen molar-refractivity contribution in [3.05, 3.63) is 41.7 Å². The van der Waals surface area contributed by atoms with Gasteiger partial charge in [-0.2, -0.15) is 0 Å². The number of pyridine rings is 1. The molecule has 7 heteroatoms. The molecule has 168 valence electrons. The molecule has 0 radical (unpaired) electrons. The summed E-state index contributed by atoms with van der Waals surface area (Å²) in [5.74, 6) is 1.67. The Morgan fingerprint density at radius 1 is 1.09 bits per heavy atom. The van der Waals surface area contributed by atoms with Gasteiger partial charge in [-0.3, -0.25) is 9.69 Å². The van der Waals surface area contributed by atoms with Crippen LogP contribution in [0.5, 0.6) is 0 Å². The van der Waals surface area contributed by atoms with E-state index in [2.05, 4.69) is 56.1 Å². The van der Waals surface area contributed by atoms with Gasteiger partial charge in [-0.05, 0) is 56.6 Å². The van der Waals surface area contributed by atoms with Crippen molar-refractivity contribution in [1.82, 2.24) is 24.8 Å². The zero-order valence-corrected chi connectivity index (χ0v) is 19.3. The van der Waals surface area contributed by atoms with Crippen molar-refractivity contribution < 1.29 is 4.79 Å². The van der Waals surface area contributed by atoms with Crippen LogP contribution in [0.3, 0.4) is 0 Å². The van der Waals surface area contributed by atoms with Gasteiger partial charge < -0.3 is 15.7 Å². The van der Waals surface area contributed by atoms with Gasteiger partial charge in [0, 0.05) is 47.6 Å². The van der Waals surface area contributed by atoms with Crippen molar-refractivity contribution in [3.8, 4) is 11.3 Å². The summed E-state index contributed by atoms with van der Waals surface area (Å²) in [7, 11) is 2.16. The Labute approximate surface area is 188 Å². The molecule has 1 aromatic carbocycles. The molecular weight excluding hydrogens is 400 g/mol. The van der Waals surface area contributed by atoms with E-state index in [4.69, 9.17) is 5.73 Å². The number of hydrogen-bond acceptors (Lipinski definition) is 5. The number of carbonyl (C=O) groups is 1. The number of aromatic amines is 2. The summed E-state index contributed by atoms with van der Waals surface area (Å²) in [6.07, 6.45) is 3.36. The van der Waals surface area contributed by atoms with Crippen LogP contribution >= 0.6 is 0 Å². The van der Waals surface area contributed by atoms with Crippen LogP contribution in [0.1, 0.15) is 50.9 Å². The van der Waals surface area contributed by atoms with Crippen molar-refractivity contribution in [2.45, 2.75) is 59.0 Å². The fraction of sp³-hybridized carbons (Fsp3) is 0.400.